The molecule has 1 heterocycles. The van der Waals surface area contributed by atoms with Crippen molar-refractivity contribution in [3.8, 4) is 0 Å². The first-order valence-corrected chi connectivity index (χ1v) is 7.95. The number of anilines is 1. The van der Waals surface area contributed by atoms with Gasteiger partial charge in [-0.25, -0.2) is 4.79 Å². The molecule has 8 heteroatoms. The van der Waals surface area contributed by atoms with Gasteiger partial charge in [-0.15, -0.1) is 0 Å². The predicted molar refractivity (Wildman–Crippen MR) is 86.0 cm³/mol. The standard InChI is InChI=1S/C17H21F3N2O3/c1-16(2,3)25-15(24)22-10-4-5-13(22)14(23)21-12-8-6-11(7-9-12)17(18,19)20/h6-9,13H,4-5,10H2,1-3H3,(H,21,23). The van der Waals surface area contributed by atoms with Gasteiger partial charge in [0.1, 0.15) is 11.6 Å². The second kappa shape index (κ2) is 6.93. The van der Waals surface area contributed by atoms with Crippen molar-refractivity contribution in [3.63, 3.8) is 0 Å². The van der Waals surface area contributed by atoms with Crippen molar-refractivity contribution < 1.29 is 27.5 Å². The zero-order chi connectivity index (χ0) is 18.8. The highest BCUT2D eigenvalue weighted by Crippen LogP contribution is 2.30. The first-order valence-electron chi connectivity index (χ1n) is 7.95. The molecule has 0 aromatic heterocycles. The van der Waals surface area contributed by atoms with Gasteiger partial charge in [-0.05, 0) is 57.9 Å². The maximum atomic E-state index is 12.6. The molecule has 0 saturated carbocycles. The van der Waals surface area contributed by atoms with Gasteiger partial charge in [0, 0.05) is 12.2 Å². The van der Waals surface area contributed by atoms with Crippen LogP contribution in [0.3, 0.4) is 0 Å². The van der Waals surface area contributed by atoms with E-state index in [1.165, 1.54) is 17.0 Å². The number of rotatable bonds is 2. The number of carbonyl (C=O) groups is 2. The molecule has 1 aliphatic rings. The second-order valence-electron chi connectivity index (χ2n) is 6.90. The van der Waals surface area contributed by atoms with Gasteiger partial charge < -0.3 is 10.1 Å². The summed E-state index contributed by atoms with van der Waals surface area (Å²) in [6.07, 6.45) is -3.87. The average Bonchev–Trinajstić information content (AvgIpc) is 2.94. The summed E-state index contributed by atoms with van der Waals surface area (Å²) < 4.78 is 43.0. The lowest BCUT2D eigenvalue weighted by Crippen LogP contribution is -2.45. The molecule has 1 atom stereocenters. The fourth-order valence-corrected chi connectivity index (χ4v) is 2.55. The first kappa shape index (κ1) is 19.1. The van der Waals surface area contributed by atoms with E-state index in [9.17, 15) is 22.8 Å². The number of hydrogen-bond donors (Lipinski definition) is 1. The van der Waals surface area contributed by atoms with E-state index >= 15 is 0 Å². The summed E-state index contributed by atoms with van der Waals surface area (Å²) in [6.45, 7) is 5.61. The van der Waals surface area contributed by atoms with Crippen LogP contribution in [-0.4, -0.2) is 35.1 Å². The van der Waals surface area contributed by atoms with Crippen LogP contribution in [0, 0.1) is 0 Å². The van der Waals surface area contributed by atoms with Crippen molar-refractivity contribution in [2.24, 2.45) is 0 Å². The Hall–Kier alpha value is -2.25. The highest BCUT2D eigenvalue weighted by Gasteiger charge is 2.36. The maximum Gasteiger partial charge on any atom is 0.416 e. The van der Waals surface area contributed by atoms with Crippen molar-refractivity contribution in [1.82, 2.24) is 4.90 Å². The Morgan fingerprint density at radius 1 is 1.16 bits per heavy atom. The Balaban J connectivity index is 2.03. The van der Waals surface area contributed by atoms with Crippen LogP contribution in [0.1, 0.15) is 39.2 Å². The minimum Gasteiger partial charge on any atom is -0.444 e. The van der Waals surface area contributed by atoms with Crippen LogP contribution >= 0.6 is 0 Å². The number of carbonyl (C=O) groups excluding carboxylic acids is 2. The third-order valence-corrected chi connectivity index (χ3v) is 3.66. The zero-order valence-corrected chi connectivity index (χ0v) is 14.3. The summed E-state index contributed by atoms with van der Waals surface area (Å²) in [4.78, 5) is 25.9. The monoisotopic (exact) mass is 358 g/mol. The molecule has 5 nitrogen and oxygen atoms in total. The molecular weight excluding hydrogens is 337 g/mol. The summed E-state index contributed by atoms with van der Waals surface area (Å²) in [7, 11) is 0. The molecule has 1 fully saturated rings. The molecule has 138 valence electrons. The Morgan fingerprint density at radius 2 is 1.76 bits per heavy atom. The Morgan fingerprint density at radius 3 is 2.28 bits per heavy atom. The van der Waals surface area contributed by atoms with E-state index in [0.29, 0.717) is 19.4 Å². The van der Waals surface area contributed by atoms with Crippen LogP contribution in [0.15, 0.2) is 24.3 Å². The molecule has 0 radical (unpaired) electrons. The van der Waals surface area contributed by atoms with Gasteiger partial charge in [-0.1, -0.05) is 0 Å². The fraction of sp³-hybridized carbons (Fsp3) is 0.529. The van der Waals surface area contributed by atoms with Crippen molar-refractivity contribution in [2.45, 2.75) is 51.4 Å². The smallest absolute Gasteiger partial charge is 0.416 e. The summed E-state index contributed by atoms with van der Waals surface area (Å²) >= 11 is 0. The van der Waals surface area contributed by atoms with Gasteiger partial charge in [0.05, 0.1) is 5.56 Å². The van der Waals surface area contributed by atoms with Crippen LogP contribution < -0.4 is 5.32 Å². The zero-order valence-electron chi connectivity index (χ0n) is 14.3. The molecule has 1 N–H and O–H groups in total. The number of nitrogens with one attached hydrogen (secondary N) is 1. The normalized spacial score (nSPS) is 18.2. The fourth-order valence-electron chi connectivity index (χ4n) is 2.55. The highest BCUT2D eigenvalue weighted by molar-refractivity contribution is 5.96. The largest absolute Gasteiger partial charge is 0.444 e. The molecule has 0 spiro atoms. The molecule has 1 aromatic carbocycles. The molecule has 1 aromatic rings. The molecule has 1 saturated heterocycles. The number of benzene rings is 1. The number of halogens is 3. The number of likely N-dealkylation sites (tertiary alicyclic amines) is 1. The first-order chi connectivity index (χ1) is 11.5. The van der Waals surface area contributed by atoms with Crippen LogP contribution in [0.2, 0.25) is 0 Å². The van der Waals surface area contributed by atoms with Crippen LogP contribution in [0.25, 0.3) is 0 Å². The van der Waals surface area contributed by atoms with E-state index in [0.717, 1.165) is 12.1 Å². The molecule has 25 heavy (non-hydrogen) atoms. The van der Waals surface area contributed by atoms with Crippen molar-refractivity contribution >= 4 is 17.7 Å². The number of hydrogen-bond acceptors (Lipinski definition) is 3. The van der Waals surface area contributed by atoms with Crippen LogP contribution in [0.5, 0.6) is 0 Å². The third-order valence-electron chi connectivity index (χ3n) is 3.66. The second-order valence-corrected chi connectivity index (χ2v) is 6.90. The quantitative estimate of drug-likeness (QED) is 0.868. The SMILES string of the molecule is CC(C)(C)OC(=O)N1CCCC1C(=O)Nc1ccc(C(F)(F)F)cc1. The lowest BCUT2D eigenvalue weighted by atomic mass is 10.1. The van der Waals surface area contributed by atoms with E-state index in [2.05, 4.69) is 5.32 Å². The minimum atomic E-state index is -4.43. The third kappa shape index (κ3) is 5.11. The highest BCUT2D eigenvalue weighted by atomic mass is 19.4. The number of ether oxygens (including phenoxy) is 1. The van der Waals surface area contributed by atoms with E-state index in [1.54, 1.807) is 20.8 Å². The van der Waals surface area contributed by atoms with Crippen LogP contribution in [0.4, 0.5) is 23.7 Å². The van der Waals surface area contributed by atoms with Gasteiger partial charge in [0.2, 0.25) is 5.91 Å². The summed E-state index contributed by atoms with van der Waals surface area (Å²) in [6, 6.07) is 3.48. The number of amides is 2. The van der Waals surface area contributed by atoms with Gasteiger partial charge >= 0.3 is 12.3 Å². The lowest BCUT2D eigenvalue weighted by Gasteiger charge is -2.28. The molecule has 0 aliphatic carbocycles. The molecular formula is C17H21F3N2O3. The molecule has 1 aliphatic heterocycles. The summed E-state index contributed by atoms with van der Waals surface area (Å²) in [5, 5.41) is 2.55. The predicted octanol–water partition coefficient (Wildman–Crippen LogP) is 4.04. The van der Waals surface area contributed by atoms with Gasteiger partial charge in [0.15, 0.2) is 0 Å². The molecule has 1 unspecified atom stereocenters. The van der Waals surface area contributed by atoms with E-state index in [4.69, 9.17) is 4.74 Å². The van der Waals surface area contributed by atoms with E-state index in [1.807, 2.05) is 0 Å². The molecule has 2 rings (SSSR count). The molecule has 0 bridgehead atoms. The van der Waals surface area contributed by atoms with Gasteiger partial charge in [-0.2, -0.15) is 13.2 Å². The topological polar surface area (TPSA) is 58.6 Å². The van der Waals surface area contributed by atoms with Crippen LogP contribution in [-0.2, 0) is 15.7 Å². The Labute approximate surface area is 144 Å². The van der Waals surface area contributed by atoms with Gasteiger partial charge in [0.25, 0.3) is 0 Å². The summed E-state index contributed by atoms with van der Waals surface area (Å²) in [5.41, 5.74) is -1.22. The summed E-state index contributed by atoms with van der Waals surface area (Å²) in [5.74, 6) is -0.442. The van der Waals surface area contributed by atoms with Crippen molar-refractivity contribution in [2.75, 3.05) is 11.9 Å². The average molecular weight is 358 g/mol. The number of nitrogens with zero attached hydrogens (tertiary/aromatic N) is 1. The number of alkyl halides is 3. The lowest BCUT2D eigenvalue weighted by molar-refractivity contribution is -0.137. The molecule has 2 amide bonds. The minimum absolute atomic E-state index is 0.244. The van der Waals surface area contributed by atoms with E-state index in [-0.39, 0.29) is 5.69 Å². The Kier molecular flexibility index (Phi) is 5.29. The Bertz CT molecular complexity index is 636. The maximum absolute atomic E-state index is 12.6. The van der Waals surface area contributed by atoms with E-state index < -0.39 is 35.4 Å². The van der Waals surface area contributed by atoms with Crippen molar-refractivity contribution in [1.29, 1.82) is 0 Å². The van der Waals surface area contributed by atoms with Gasteiger partial charge in [-0.3, -0.25) is 9.69 Å². The van der Waals surface area contributed by atoms with Crippen molar-refractivity contribution in [3.05, 3.63) is 29.8 Å².